The number of hydrogen-bond donors (Lipinski definition) is 3. The zero-order chi connectivity index (χ0) is 19.7. The van der Waals surface area contributed by atoms with Crippen molar-refractivity contribution in [3.05, 3.63) is 45.6 Å². The molecule has 9 nitrogen and oxygen atoms in total. The van der Waals surface area contributed by atoms with Crippen molar-refractivity contribution in [2.75, 3.05) is 12.4 Å². The molecule has 27 heavy (non-hydrogen) atoms. The molecule has 4 N–H and O–H groups in total. The summed E-state index contributed by atoms with van der Waals surface area (Å²) in [6.45, 7) is 0. The number of rotatable bonds is 5. The lowest BCUT2D eigenvalue weighted by molar-refractivity contribution is -0.122. The first-order valence-electron chi connectivity index (χ1n) is 7.68. The highest BCUT2D eigenvalue weighted by molar-refractivity contribution is 6.38. The molecular weight excluding hydrogens is 399 g/mol. The molecule has 0 spiro atoms. The Morgan fingerprint density at radius 3 is 2.78 bits per heavy atom. The molecule has 1 aromatic heterocycles. The molecule has 11 heteroatoms. The van der Waals surface area contributed by atoms with Crippen molar-refractivity contribution in [2.24, 2.45) is 11.7 Å². The van der Waals surface area contributed by atoms with E-state index >= 15 is 0 Å². The van der Waals surface area contributed by atoms with Crippen LogP contribution in [0.4, 0.5) is 5.69 Å². The van der Waals surface area contributed by atoms with Gasteiger partial charge in [-0.15, -0.1) is 0 Å². The summed E-state index contributed by atoms with van der Waals surface area (Å²) in [7, 11) is 1.21. The predicted octanol–water partition coefficient (Wildman–Crippen LogP) is 1.59. The Bertz CT molecular complexity index is 930. The first kappa shape index (κ1) is 19.0. The lowest BCUT2D eigenvalue weighted by Gasteiger charge is -2.32. The van der Waals surface area contributed by atoms with Gasteiger partial charge in [0.25, 0.3) is 5.91 Å². The number of oxazole rings is 1. The number of primary amides is 1. The Labute approximate surface area is 163 Å². The van der Waals surface area contributed by atoms with E-state index < -0.39 is 29.9 Å². The highest BCUT2D eigenvalue weighted by Gasteiger charge is 2.35. The number of esters is 1. The van der Waals surface area contributed by atoms with Crippen molar-refractivity contribution >= 4 is 46.7 Å². The van der Waals surface area contributed by atoms with Gasteiger partial charge in [0.1, 0.15) is 12.4 Å². The number of hydrogen-bond acceptors (Lipinski definition) is 7. The fourth-order valence-electron chi connectivity index (χ4n) is 2.71. The van der Waals surface area contributed by atoms with E-state index in [-0.39, 0.29) is 28.6 Å². The van der Waals surface area contributed by atoms with E-state index in [1.165, 1.54) is 19.2 Å². The van der Waals surface area contributed by atoms with E-state index in [1.807, 2.05) is 0 Å². The molecule has 0 radical (unpaired) electrons. The molecule has 0 bridgehead atoms. The quantitative estimate of drug-likeness (QED) is 0.634. The maximum absolute atomic E-state index is 12.4. The van der Waals surface area contributed by atoms with Crippen molar-refractivity contribution in [1.82, 2.24) is 10.3 Å². The lowest BCUT2D eigenvalue weighted by Crippen LogP contribution is -2.53. The Morgan fingerprint density at radius 1 is 1.37 bits per heavy atom. The minimum atomic E-state index is -0.927. The molecule has 2 atom stereocenters. The van der Waals surface area contributed by atoms with Gasteiger partial charge in [-0.05, 0) is 12.1 Å². The number of aromatic nitrogens is 1. The predicted molar refractivity (Wildman–Crippen MR) is 95.6 cm³/mol. The number of nitrogens with zero attached hydrogens (tertiary/aromatic N) is 1. The van der Waals surface area contributed by atoms with Crippen LogP contribution in [0.15, 0.2) is 22.8 Å². The number of fused-ring (bicyclic) bond motifs is 1. The summed E-state index contributed by atoms with van der Waals surface area (Å²) in [4.78, 5) is 39.8. The topological polar surface area (TPSA) is 137 Å². The van der Waals surface area contributed by atoms with Crippen LogP contribution in [-0.2, 0) is 16.0 Å². The third kappa shape index (κ3) is 3.83. The smallest absolute Gasteiger partial charge is 0.360 e. The van der Waals surface area contributed by atoms with Crippen molar-refractivity contribution < 1.29 is 23.5 Å². The molecule has 0 aliphatic carbocycles. The summed E-state index contributed by atoms with van der Waals surface area (Å²) < 4.78 is 9.74. The van der Waals surface area contributed by atoms with Crippen LogP contribution in [0.2, 0.25) is 10.0 Å². The van der Waals surface area contributed by atoms with E-state index in [2.05, 4.69) is 20.4 Å². The number of carbonyl (C=O) groups is 3. The van der Waals surface area contributed by atoms with Crippen molar-refractivity contribution in [3.8, 4) is 0 Å². The molecule has 1 aliphatic rings. The second-order valence-electron chi connectivity index (χ2n) is 5.74. The van der Waals surface area contributed by atoms with Crippen LogP contribution >= 0.6 is 23.2 Å². The molecule has 0 saturated carbocycles. The van der Waals surface area contributed by atoms with Crippen LogP contribution in [0.1, 0.15) is 26.7 Å². The van der Waals surface area contributed by atoms with Gasteiger partial charge in [0.05, 0.1) is 29.3 Å². The molecule has 2 unspecified atom stereocenters. The summed E-state index contributed by atoms with van der Waals surface area (Å²) in [5.41, 5.74) is 6.03. The van der Waals surface area contributed by atoms with E-state index in [1.54, 1.807) is 0 Å². The molecule has 1 aliphatic heterocycles. The largest absolute Gasteiger partial charge is 0.464 e. The molecule has 2 amide bonds. The van der Waals surface area contributed by atoms with E-state index in [0.717, 1.165) is 6.26 Å². The molecule has 1 aromatic carbocycles. The van der Waals surface area contributed by atoms with Crippen LogP contribution in [0.3, 0.4) is 0 Å². The number of ether oxygens (including phenoxy) is 1. The van der Waals surface area contributed by atoms with Gasteiger partial charge in [-0.1, -0.05) is 23.2 Å². The molecule has 0 fully saturated rings. The standard InChI is InChI=1S/C16H14Cl2N4O5/c1-26-16(25)10-5-27-11(20-10)4-7(13(19)23)14-21-9-3-6(17)2-8(18)12(9)15(24)22-14/h2-3,5,7,14,21H,4H2,1H3,(H2,19,23)(H,22,24). The van der Waals surface area contributed by atoms with Gasteiger partial charge >= 0.3 is 5.97 Å². The molecule has 0 saturated heterocycles. The van der Waals surface area contributed by atoms with E-state index in [9.17, 15) is 14.4 Å². The average Bonchev–Trinajstić information content (AvgIpc) is 3.06. The van der Waals surface area contributed by atoms with Gasteiger partial charge in [-0.3, -0.25) is 9.59 Å². The van der Waals surface area contributed by atoms with Crippen molar-refractivity contribution in [3.63, 3.8) is 0 Å². The number of nitrogens with one attached hydrogen (secondary N) is 2. The second-order valence-corrected chi connectivity index (χ2v) is 6.58. The zero-order valence-electron chi connectivity index (χ0n) is 13.9. The van der Waals surface area contributed by atoms with E-state index in [0.29, 0.717) is 10.7 Å². The highest BCUT2D eigenvalue weighted by atomic mass is 35.5. The van der Waals surface area contributed by atoms with Gasteiger partial charge in [-0.25, -0.2) is 9.78 Å². The SMILES string of the molecule is COC(=O)c1coc(CC(C(N)=O)C2NC(=O)c3c(Cl)cc(Cl)cc3N2)n1. The number of anilines is 1. The average molecular weight is 413 g/mol. The van der Waals surface area contributed by atoms with Crippen LogP contribution in [0.5, 0.6) is 0 Å². The number of methoxy groups -OCH3 is 1. The Morgan fingerprint density at radius 2 is 2.11 bits per heavy atom. The summed E-state index contributed by atoms with van der Waals surface area (Å²) >= 11 is 12.0. The third-order valence-electron chi connectivity index (χ3n) is 3.99. The fourth-order valence-corrected chi connectivity index (χ4v) is 3.29. The molecular formula is C16H14Cl2N4O5. The third-order valence-corrected chi connectivity index (χ3v) is 4.50. The summed E-state index contributed by atoms with van der Waals surface area (Å²) in [6, 6.07) is 2.96. The molecule has 2 aromatic rings. The first-order valence-corrected chi connectivity index (χ1v) is 8.44. The summed E-state index contributed by atoms with van der Waals surface area (Å²) in [5, 5.41) is 6.12. The van der Waals surface area contributed by atoms with Gasteiger partial charge in [0, 0.05) is 11.4 Å². The molecule has 142 valence electrons. The zero-order valence-corrected chi connectivity index (χ0v) is 15.4. The Balaban J connectivity index is 1.85. The van der Waals surface area contributed by atoms with Crippen molar-refractivity contribution in [2.45, 2.75) is 12.6 Å². The van der Waals surface area contributed by atoms with Crippen molar-refractivity contribution in [1.29, 1.82) is 0 Å². The van der Waals surface area contributed by atoms with Crippen LogP contribution in [0.25, 0.3) is 0 Å². The summed E-state index contributed by atoms with van der Waals surface area (Å²) in [5.74, 6) is -2.70. The highest BCUT2D eigenvalue weighted by Crippen LogP contribution is 2.32. The maximum atomic E-state index is 12.4. The molecule has 2 heterocycles. The lowest BCUT2D eigenvalue weighted by atomic mass is 9.97. The number of carbonyl (C=O) groups excluding carboxylic acids is 3. The number of benzene rings is 1. The second kappa shape index (κ2) is 7.45. The Hall–Kier alpha value is -2.78. The van der Waals surface area contributed by atoms with Crippen LogP contribution < -0.4 is 16.4 Å². The number of nitrogens with two attached hydrogens (primary N) is 1. The fraction of sp³-hybridized carbons (Fsp3) is 0.250. The molecule has 3 rings (SSSR count). The number of amides is 2. The van der Waals surface area contributed by atoms with Gasteiger partial charge in [0.15, 0.2) is 11.6 Å². The normalized spacial score (nSPS) is 16.7. The van der Waals surface area contributed by atoms with Crippen LogP contribution in [-0.4, -0.2) is 36.0 Å². The van der Waals surface area contributed by atoms with Gasteiger partial charge in [0.2, 0.25) is 5.91 Å². The van der Waals surface area contributed by atoms with Crippen LogP contribution in [0, 0.1) is 5.92 Å². The summed E-state index contributed by atoms with van der Waals surface area (Å²) in [6.07, 6.45) is 0.194. The first-order chi connectivity index (χ1) is 12.8. The van der Waals surface area contributed by atoms with Gasteiger partial charge in [-0.2, -0.15) is 0 Å². The monoisotopic (exact) mass is 412 g/mol. The maximum Gasteiger partial charge on any atom is 0.360 e. The minimum Gasteiger partial charge on any atom is -0.464 e. The Kier molecular flexibility index (Phi) is 5.24. The minimum absolute atomic E-state index is 0.0414. The van der Waals surface area contributed by atoms with Gasteiger partial charge < -0.3 is 25.5 Å². The number of halogens is 2. The van der Waals surface area contributed by atoms with E-state index in [4.69, 9.17) is 33.4 Å².